The van der Waals surface area contributed by atoms with Gasteiger partial charge in [-0.3, -0.25) is 0 Å². The highest BCUT2D eigenvalue weighted by Gasteiger charge is 2.37. The molecule has 0 aliphatic heterocycles. The van der Waals surface area contributed by atoms with Crippen molar-refractivity contribution in [2.45, 2.75) is 18.2 Å². The van der Waals surface area contributed by atoms with Crippen molar-refractivity contribution in [1.29, 1.82) is 0 Å². The normalized spacial score (nSPS) is 47.8. The van der Waals surface area contributed by atoms with Crippen LogP contribution >= 0.6 is 15.9 Å². The van der Waals surface area contributed by atoms with Crippen molar-refractivity contribution >= 4 is 15.9 Å². The van der Waals surface area contributed by atoms with E-state index in [-0.39, 0.29) is 0 Å². The summed E-state index contributed by atoms with van der Waals surface area (Å²) < 4.78 is 0. The lowest BCUT2D eigenvalue weighted by molar-refractivity contribution is 0.558. The minimum absolute atomic E-state index is 0.702. The highest BCUT2D eigenvalue weighted by molar-refractivity contribution is 9.09. The molecular formula is C10H13Br. The molecular weight excluding hydrogens is 200 g/mol. The van der Waals surface area contributed by atoms with Crippen LogP contribution in [0, 0.1) is 17.8 Å². The molecule has 0 N–H and O–H groups in total. The van der Waals surface area contributed by atoms with Crippen LogP contribution in [0.4, 0.5) is 0 Å². The lowest BCUT2D eigenvalue weighted by Crippen LogP contribution is -2.14. The van der Waals surface area contributed by atoms with E-state index in [1.807, 2.05) is 0 Å². The summed E-state index contributed by atoms with van der Waals surface area (Å²) in [6.07, 6.45) is 10.4. The van der Waals surface area contributed by atoms with Gasteiger partial charge in [-0.1, -0.05) is 47.2 Å². The maximum atomic E-state index is 3.76. The fourth-order valence-corrected chi connectivity index (χ4v) is 2.97. The van der Waals surface area contributed by atoms with Crippen molar-refractivity contribution in [2.75, 3.05) is 0 Å². The first kappa shape index (κ1) is 7.60. The number of alkyl halides is 1. The topological polar surface area (TPSA) is 0 Å². The van der Waals surface area contributed by atoms with E-state index in [1.54, 1.807) is 0 Å². The van der Waals surface area contributed by atoms with Gasteiger partial charge in [0.2, 0.25) is 0 Å². The van der Waals surface area contributed by atoms with E-state index in [1.165, 1.54) is 6.42 Å². The Bertz CT molecular complexity index is 205. The Morgan fingerprint density at radius 2 is 2.00 bits per heavy atom. The SMILES string of the molecule is CC1CC2C=CC=CC2C1Br. The molecule has 0 saturated heterocycles. The number of hydrogen-bond donors (Lipinski definition) is 0. The molecule has 2 aliphatic carbocycles. The molecule has 0 aromatic carbocycles. The van der Waals surface area contributed by atoms with Crippen molar-refractivity contribution < 1.29 is 0 Å². The number of allylic oxidation sites excluding steroid dienone is 4. The fraction of sp³-hybridized carbons (Fsp3) is 0.600. The second kappa shape index (κ2) is 2.78. The van der Waals surface area contributed by atoms with Crippen LogP contribution in [0.5, 0.6) is 0 Å². The highest BCUT2D eigenvalue weighted by Crippen LogP contribution is 2.43. The third-order valence-electron chi connectivity index (χ3n) is 2.85. The Hall–Kier alpha value is -0.0400. The molecule has 1 heteroatoms. The average Bonchev–Trinajstić information content (AvgIpc) is 2.30. The lowest BCUT2D eigenvalue weighted by Gasteiger charge is -2.17. The quantitative estimate of drug-likeness (QED) is 0.542. The maximum absolute atomic E-state index is 3.76. The molecule has 0 spiro atoms. The van der Waals surface area contributed by atoms with E-state index >= 15 is 0 Å². The van der Waals surface area contributed by atoms with Gasteiger partial charge < -0.3 is 0 Å². The summed E-state index contributed by atoms with van der Waals surface area (Å²) in [5.41, 5.74) is 0. The first-order valence-electron chi connectivity index (χ1n) is 4.28. The maximum Gasteiger partial charge on any atom is 0.0240 e. The molecule has 0 bridgehead atoms. The standard InChI is InChI=1S/C10H13Br/c1-7-6-8-4-2-3-5-9(8)10(7)11/h2-5,7-10H,6H2,1H3. The summed E-state index contributed by atoms with van der Waals surface area (Å²) in [6.45, 7) is 2.33. The Labute approximate surface area is 76.5 Å². The van der Waals surface area contributed by atoms with Crippen LogP contribution in [0.2, 0.25) is 0 Å². The summed E-state index contributed by atoms with van der Waals surface area (Å²) in [7, 11) is 0. The number of rotatable bonds is 0. The van der Waals surface area contributed by atoms with Crippen LogP contribution in [-0.4, -0.2) is 4.83 Å². The zero-order valence-corrected chi connectivity index (χ0v) is 8.29. The predicted octanol–water partition coefficient (Wildman–Crippen LogP) is 3.15. The first-order valence-corrected chi connectivity index (χ1v) is 5.19. The molecule has 2 rings (SSSR count). The van der Waals surface area contributed by atoms with E-state index in [4.69, 9.17) is 0 Å². The van der Waals surface area contributed by atoms with E-state index in [9.17, 15) is 0 Å². The summed E-state index contributed by atoms with van der Waals surface area (Å²) in [4.78, 5) is 0.702. The van der Waals surface area contributed by atoms with Gasteiger partial charge in [0.1, 0.15) is 0 Å². The second-order valence-electron chi connectivity index (χ2n) is 3.67. The highest BCUT2D eigenvalue weighted by atomic mass is 79.9. The van der Waals surface area contributed by atoms with Gasteiger partial charge in [-0.25, -0.2) is 0 Å². The molecule has 0 heterocycles. The second-order valence-corrected chi connectivity index (χ2v) is 4.73. The Balaban J connectivity index is 2.20. The minimum Gasteiger partial charge on any atom is -0.0881 e. The number of halogens is 1. The monoisotopic (exact) mass is 212 g/mol. The molecule has 1 saturated carbocycles. The van der Waals surface area contributed by atoms with Gasteiger partial charge in [-0.15, -0.1) is 0 Å². The van der Waals surface area contributed by atoms with Gasteiger partial charge in [-0.05, 0) is 24.2 Å². The smallest absolute Gasteiger partial charge is 0.0240 e. The van der Waals surface area contributed by atoms with Gasteiger partial charge >= 0.3 is 0 Å². The number of fused-ring (bicyclic) bond motifs is 1. The molecule has 2 aliphatic rings. The van der Waals surface area contributed by atoms with E-state index < -0.39 is 0 Å². The summed E-state index contributed by atoms with van der Waals surface area (Å²) in [6, 6.07) is 0. The Morgan fingerprint density at radius 3 is 2.73 bits per heavy atom. The molecule has 0 aromatic rings. The molecule has 60 valence electrons. The zero-order chi connectivity index (χ0) is 7.84. The third kappa shape index (κ3) is 1.20. The summed E-state index contributed by atoms with van der Waals surface area (Å²) in [5, 5.41) is 0. The molecule has 0 amide bonds. The molecule has 1 fully saturated rings. The summed E-state index contributed by atoms with van der Waals surface area (Å²) in [5.74, 6) is 2.40. The van der Waals surface area contributed by atoms with E-state index in [0.29, 0.717) is 4.83 Å². The van der Waals surface area contributed by atoms with Crippen molar-refractivity contribution in [3.05, 3.63) is 24.3 Å². The average molecular weight is 213 g/mol. The molecule has 11 heavy (non-hydrogen) atoms. The number of hydrogen-bond acceptors (Lipinski definition) is 0. The van der Waals surface area contributed by atoms with Gasteiger partial charge in [0.25, 0.3) is 0 Å². The summed E-state index contributed by atoms with van der Waals surface area (Å²) >= 11 is 3.76. The van der Waals surface area contributed by atoms with Crippen molar-refractivity contribution in [3.8, 4) is 0 Å². The van der Waals surface area contributed by atoms with Gasteiger partial charge in [0, 0.05) is 4.83 Å². The largest absolute Gasteiger partial charge is 0.0881 e. The van der Waals surface area contributed by atoms with Gasteiger partial charge in [0.15, 0.2) is 0 Å². The Morgan fingerprint density at radius 1 is 1.27 bits per heavy atom. The van der Waals surface area contributed by atoms with Crippen LogP contribution in [0.3, 0.4) is 0 Å². The molecule has 4 atom stereocenters. The van der Waals surface area contributed by atoms with Crippen molar-refractivity contribution in [1.82, 2.24) is 0 Å². The predicted molar refractivity (Wildman–Crippen MR) is 51.8 cm³/mol. The van der Waals surface area contributed by atoms with Crippen LogP contribution < -0.4 is 0 Å². The van der Waals surface area contributed by atoms with Crippen LogP contribution in [0.25, 0.3) is 0 Å². The molecule has 0 radical (unpaired) electrons. The fourth-order valence-electron chi connectivity index (χ4n) is 2.19. The zero-order valence-electron chi connectivity index (χ0n) is 6.70. The third-order valence-corrected chi connectivity index (χ3v) is 4.37. The van der Waals surface area contributed by atoms with Crippen molar-refractivity contribution in [3.63, 3.8) is 0 Å². The van der Waals surface area contributed by atoms with Crippen LogP contribution in [0.15, 0.2) is 24.3 Å². The first-order chi connectivity index (χ1) is 5.29. The Kier molecular flexibility index (Phi) is 1.92. The van der Waals surface area contributed by atoms with Crippen molar-refractivity contribution in [2.24, 2.45) is 17.8 Å². The van der Waals surface area contributed by atoms with Gasteiger partial charge in [-0.2, -0.15) is 0 Å². The molecule has 4 unspecified atom stereocenters. The minimum atomic E-state index is 0.702. The van der Waals surface area contributed by atoms with Crippen LogP contribution in [0.1, 0.15) is 13.3 Å². The van der Waals surface area contributed by atoms with Gasteiger partial charge in [0.05, 0.1) is 0 Å². The molecule has 0 aromatic heterocycles. The van der Waals surface area contributed by atoms with E-state index in [2.05, 4.69) is 47.2 Å². The lowest BCUT2D eigenvalue weighted by atomic mass is 9.92. The molecule has 0 nitrogen and oxygen atoms in total. The van der Waals surface area contributed by atoms with Crippen LogP contribution in [-0.2, 0) is 0 Å². The van der Waals surface area contributed by atoms with E-state index in [0.717, 1.165) is 17.8 Å².